The van der Waals surface area contributed by atoms with Crippen LogP contribution in [0.5, 0.6) is 0 Å². The summed E-state index contributed by atoms with van der Waals surface area (Å²) in [5, 5.41) is 2.94. The average Bonchev–Trinajstić information content (AvgIpc) is 2.46. The molecule has 0 bridgehead atoms. The Kier molecular flexibility index (Phi) is 4.66. The fourth-order valence-corrected chi connectivity index (χ4v) is 3.05. The van der Waals surface area contributed by atoms with E-state index in [-0.39, 0.29) is 17.2 Å². The van der Waals surface area contributed by atoms with Crippen molar-refractivity contribution in [3.63, 3.8) is 0 Å². The molecule has 4 heteroatoms. The molecule has 0 spiro atoms. The van der Waals surface area contributed by atoms with Crippen LogP contribution in [0.2, 0.25) is 0 Å². The number of benzene rings is 1. The van der Waals surface area contributed by atoms with Crippen LogP contribution >= 0.6 is 0 Å². The quantitative estimate of drug-likeness (QED) is 0.864. The molecule has 2 rings (SSSR count). The van der Waals surface area contributed by atoms with E-state index in [1.165, 1.54) is 13.5 Å². The van der Waals surface area contributed by atoms with Gasteiger partial charge in [0.1, 0.15) is 0 Å². The van der Waals surface area contributed by atoms with E-state index in [2.05, 4.69) is 19.2 Å². The summed E-state index contributed by atoms with van der Waals surface area (Å²) < 4.78 is 4.69. The number of hydrogen-bond acceptors (Lipinski definition) is 3. The molecule has 114 valence electrons. The van der Waals surface area contributed by atoms with Crippen LogP contribution in [0, 0.1) is 11.3 Å². The molecule has 4 nitrogen and oxygen atoms in total. The fraction of sp³-hybridized carbons (Fsp3) is 0.529. The molecule has 0 aliphatic heterocycles. The maximum Gasteiger partial charge on any atom is 0.337 e. The van der Waals surface area contributed by atoms with Crippen molar-refractivity contribution in [3.05, 3.63) is 29.8 Å². The molecule has 1 aliphatic rings. The zero-order valence-corrected chi connectivity index (χ0v) is 12.9. The minimum atomic E-state index is -0.399. The van der Waals surface area contributed by atoms with E-state index in [0.717, 1.165) is 19.3 Å². The third kappa shape index (κ3) is 3.63. The van der Waals surface area contributed by atoms with Crippen LogP contribution < -0.4 is 5.32 Å². The van der Waals surface area contributed by atoms with Crippen LogP contribution in [0.4, 0.5) is 5.69 Å². The van der Waals surface area contributed by atoms with Gasteiger partial charge in [-0.2, -0.15) is 0 Å². The third-order valence-corrected chi connectivity index (χ3v) is 4.37. The Bertz CT molecular complexity index is 537. The highest BCUT2D eigenvalue weighted by atomic mass is 16.5. The molecular formula is C17H23NO3. The summed E-state index contributed by atoms with van der Waals surface area (Å²) in [6, 6.07) is 6.86. The molecule has 1 N–H and O–H groups in total. The van der Waals surface area contributed by atoms with E-state index in [1.54, 1.807) is 24.3 Å². The normalized spacial score (nSPS) is 20.6. The van der Waals surface area contributed by atoms with E-state index in [1.807, 2.05) is 0 Å². The topological polar surface area (TPSA) is 55.4 Å². The fourth-order valence-electron chi connectivity index (χ4n) is 3.05. The van der Waals surface area contributed by atoms with Crippen molar-refractivity contribution in [1.82, 2.24) is 0 Å². The first kappa shape index (κ1) is 15.5. The average molecular weight is 289 g/mol. The van der Waals surface area contributed by atoms with E-state index in [4.69, 9.17) is 4.74 Å². The maximum atomic E-state index is 12.5. The molecule has 1 aromatic carbocycles. The number of ether oxygens (including phenoxy) is 1. The van der Waals surface area contributed by atoms with Crippen molar-refractivity contribution in [2.45, 2.75) is 39.5 Å². The Morgan fingerprint density at radius 3 is 2.71 bits per heavy atom. The van der Waals surface area contributed by atoms with Gasteiger partial charge < -0.3 is 10.1 Å². The van der Waals surface area contributed by atoms with E-state index < -0.39 is 5.97 Å². The standard InChI is InChI=1S/C17H23NO3/c1-17(2)10-5-4-9-14(17)15(19)18-13-8-6-7-12(11-13)16(20)21-3/h6-8,11,14H,4-5,9-10H2,1-3H3,(H,18,19). The SMILES string of the molecule is COC(=O)c1cccc(NC(=O)C2CCCCC2(C)C)c1. The summed E-state index contributed by atoms with van der Waals surface area (Å²) in [5.74, 6) is -0.334. The zero-order valence-electron chi connectivity index (χ0n) is 12.9. The summed E-state index contributed by atoms with van der Waals surface area (Å²) in [7, 11) is 1.35. The van der Waals surface area contributed by atoms with Gasteiger partial charge in [0.05, 0.1) is 12.7 Å². The molecule has 21 heavy (non-hydrogen) atoms. The van der Waals surface area contributed by atoms with E-state index >= 15 is 0 Å². The summed E-state index contributed by atoms with van der Waals surface area (Å²) in [5.41, 5.74) is 1.12. The number of esters is 1. The number of amides is 1. The van der Waals surface area contributed by atoms with Crippen LogP contribution in [0.25, 0.3) is 0 Å². The van der Waals surface area contributed by atoms with Crippen LogP contribution in [0.3, 0.4) is 0 Å². The highest BCUT2D eigenvalue weighted by molar-refractivity contribution is 5.95. The number of hydrogen-bond donors (Lipinski definition) is 1. The van der Waals surface area contributed by atoms with Crippen LogP contribution in [-0.4, -0.2) is 19.0 Å². The Hall–Kier alpha value is -1.84. The molecule has 1 aliphatic carbocycles. The first-order chi connectivity index (χ1) is 9.94. The molecule has 0 aromatic heterocycles. The monoisotopic (exact) mass is 289 g/mol. The van der Waals surface area contributed by atoms with Crippen molar-refractivity contribution in [2.75, 3.05) is 12.4 Å². The number of anilines is 1. The van der Waals surface area contributed by atoms with Crippen LogP contribution in [0.1, 0.15) is 49.9 Å². The first-order valence-corrected chi connectivity index (χ1v) is 7.43. The number of carbonyl (C=O) groups excluding carboxylic acids is 2. The highest BCUT2D eigenvalue weighted by Gasteiger charge is 2.37. The van der Waals surface area contributed by atoms with Gasteiger partial charge in [0, 0.05) is 11.6 Å². The molecule has 1 amide bonds. The minimum Gasteiger partial charge on any atom is -0.465 e. The van der Waals surface area contributed by atoms with Crippen molar-refractivity contribution >= 4 is 17.6 Å². The van der Waals surface area contributed by atoms with Gasteiger partial charge in [-0.25, -0.2) is 4.79 Å². The van der Waals surface area contributed by atoms with Crippen molar-refractivity contribution in [2.24, 2.45) is 11.3 Å². The number of rotatable bonds is 3. The van der Waals surface area contributed by atoms with Crippen LogP contribution in [-0.2, 0) is 9.53 Å². The molecular weight excluding hydrogens is 266 g/mol. The molecule has 0 heterocycles. The zero-order chi connectivity index (χ0) is 15.5. The molecule has 1 unspecified atom stereocenters. The lowest BCUT2D eigenvalue weighted by Gasteiger charge is -2.37. The molecule has 1 aromatic rings. The lowest BCUT2D eigenvalue weighted by molar-refractivity contribution is -0.124. The Morgan fingerprint density at radius 1 is 1.29 bits per heavy atom. The Balaban J connectivity index is 2.10. The highest BCUT2D eigenvalue weighted by Crippen LogP contribution is 2.41. The molecule has 1 atom stereocenters. The van der Waals surface area contributed by atoms with Gasteiger partial charge in [-0.15, -0.1) is 0 Å². The van der Waals surface area contributed by atoms with Gasteiger partial charge in [-0.3, -0.25) is 4.79 Å². The first-order valence-electron chi connectivity index (χ1n) is 7.43. The minimum absolute atomic E-state index is 0.0213. The van der Waals surface area contributed by atoms with Crippen molar-refractivity contribution in [1.29, 1.82) is 0 Å². The number of nitrogens with one attached hydrogen (secondary N) is 1. The van der Waals surface area contributed by atoms with Gasteiger partial charge in [-0.1, -0.05) is 32.8 Å². The van der Waals surface area contributed by atoms with Crippen LogP contribution in [0.15, 0.2) is 24.3 Å². The third-order valence-electron chi connectivity index (χ3n) is 4.37. The lowest BCUT2D eigenvalue weighted by Crippen LogP contribution is -2.37. The second-order valence-corrected chi connectivity index (χ2v) is 6.35. The van der Waals surface area contributed by atoms with Gasteiger partial charge in [0.15, 0.2) is 0 Å². The van der Waals surface area contributed by atoms with Crippen molar-refractivity contribution in [3.8, 4) is 0 Å². The molecule has 1 saturated carbocycles. The van der Waals surface area contributed by atoms with Crippen molar-refractivity contribution < 1.29 is 14.3 Å². The van der Waals surface area contributed by atoms with Gasteiger partial charge in [-0.05, 0) is 36.5 Å². The maximum absolute atomic E-state index is 12.5. The summed E-state index contributed by atoms with van der Waals surface area (Å²) >= 11 is 0. The second-order valence-electron chi connectivity index (χ2n) is 6.35. The molecule has 0 saturated heterocycles. The lowest BCUT2D eigenvalue weighted by atomic mass is 9.68. The van der Waals surface area contributed by atoms with E-state index in [9.17, 15) is 9.59 Å². The summed E-state index contributed by atoms with van der Waals surface area (Å²) in [6.07, 6.45) is 4.29. The Labute approximate surface area is 125 Å². The summed E-state index contributed by atoms with van der Waals surface area (Å²) in [6.45, 7) is 4.31. The summed E-state index contributed by atoms with van der Waals surface area (Å²) in [4.78, 5) is 24.0. The molecule has 1 fully saturated rings. The van der Waals surface area contributed by atoms with E-state index in [0.29, 0.717) is 11.3 Å². The second kappa shape index (κ2) is 6.29. The smallest absolute Gasteiger partial charge is 0.337 e. The predicted octanol–water partition coefficient (Wildman–Crippen LogP) is 3.63. The van der Waals surface area contributed by atoms with Gasteiger partial charge >= 0.3 is 5.97 Å². The van der Waals surface area contributed by atoms with Gasteiger partial charge in [0.25, 0.3) is 0 Å². The number of carbonyl (C=O) groups is 2. The number of methoxy groups -OCH3 is 1. The molecule has 0 radical (unpaired) electrons. The predicted molar refractivity (Wildman–Crippen MR) is 82.2 cm³/mol. The largest absolute Gasteiger partial charge is 0.465 e. The van der Waals surface area contributed by atoms with Gasteiger partial charge in [0.2, 0.25) is 5.91 Å². The Morgan fingerprint density at radius 2 is 2.05 bits per heavy atom.